The van der Waals surface area contributed by atoms with E-state index in [2.05, 4.69) is 24.0 Å². The number of benzene rings is 3. The molecular formula is C37H46F2N2O6S. The van der Waals surface area contributed by atoms with Crippen molar-refractivity contribution in [3.63, 3.8) is 0 Å². The number of hydrogen-bond acceptors (Lipinski definition) is 9. The topological polar surface area (TPSA) is 118 Å². The molecule has 8 nitrogen and oxygen atoms in total. The van der Waals surface area contributed by atoms with Gasteiger partial charge in [-0.15, -0.1) is 11.8 Å². The van der Waals surface area contributed by atoms with E-state index in [0.717, 1.165) is 66.1 Å². The SMILES string of the molecule is CCc1ccc([C@@H]2O[C@H](SC)[C@@H](O)[C@H](O)[C@H]2O)cc1Cc1ccc(OC2CCN(C3COC(c4cc(F)ccc4F)C(N)C3)C2)c(C)c1. The van der Waals surface area contributed by atoms with E-state index in [9.17, 15) is 24.1 Å². The van der Waals surface area contributed by atoms with Gasteiger partial charge in [0.25, 0.3) is 0 Å². The first-order valence-electron chi connectivity index (χ1n) is 16.7. The average molecular weight is 685 g/mol. The summed E-state index contributed by atoms with van der Waals surface area (Å²) < 4.78 is 46.6. The van der Waals surface area contributed by atoms with Crippen molar-refractivity contribution in [3.05, 3.63) is 99.6 Å². The summed E-state index contributed by atoms with van der Waals surface area (Å²) in [5, 5.41) is 31.5. The highest BCUT2D eigenvalue weighted by molar-refractivity contribution is 7.99. The molecule has 0 aliphatic carbocycles. The predicted octanol–water partition coefficient (Wildman–Crippen LogP) is 4.58. The number of nitrogens with zero attached hydrogens (tertiary/aromatic N) is 1. The maximum absolute atomic E-state index is 14.4. The van der Waals surface area contributed by atoms with E-state index in [4.69, 9.17) is 19.9 Å². The van der Waals surface area contributed by atoms with Crippen molar-refractivity contribution < 1.29 is 38.3 Å². The lowest BCUT2D eigenvalue weighted by Gasteiger charge is -2.40. The molecule has 0 spiro atoms. The molecule has 0 radical (unpaired) electrons. The first kappa shape index (κ1) is 35.2. The fourth-order valence-electron chi connectivity index (χ4n) is 7.34. The van der Waals surface area contributed by atoms with Crippen LogP contribution in [0.4, 0.5) is 8.78 Å². The third-order valence-corrected chi connectivity index (χ3v) is 10.9. The lowest BCUT2D eigenvalue weighted by molar-refractivity contribution is -0.200. The van der Waals surface area contributed by atoms with Crippen molar-refractivity contribution in [3.8, 4) is 5.75 Å². The zero-order valence-corrected chi connectivity index (χ0v) is 28.4. The number of aliphatic hydroxyl groups excluding tert-OH is 3. The summed E-state index contributed by atoms with van der Waals surface area (Å²) in [6.45, 7) is 6.11. The van der Waals surface area contributed by atoms with E-state index in [1.165, 1.54) is 23.4 Å². The number of nitrogens with two attached hydrogens (primary N) is 1. The minimum atomic E-state index is -1.30. The van der Waals surface area contributed by atoms with Crippen molar-refractivity contribution >= 4 is 11.8 Å². The van der Waals surface area contributed by atoms with Crippen LogP contribution in [0.1, 0.15) is 65.4 Å². The Balaban J connectivity index is 1.07. The van der Waals surface area contributed by atoms with E-state index < -0.39 is 53.6 Å². The standard InChI is InChI=1S/C37H46F2N2O6S/c1-4-22-6-7-23(35-33(43)32(42)34(44)37(47-35)48-3)15-24(22)14-21-5-10-31(20(2)13-21)46-27-11-12-41(18-27)26-17-30(40)36(45-19-26)28-16-25(38)8-9-29(28)39/h5-10,13,15-16,26-27,30,32-37,42-44H,4,11-12,14,17-19,40H2,1-3H3/t26?,27?,30?,32-,33-,34+,35+,36?,37-/m1/s1. The van der Waals surface area contributed by atoms with Crippen LogP contribution in [-0.2, 0) is 22.3 Å². The maximum Gasteiger partial charge on any atom is 0.132 e. The largest absolute Gasteiger partial charge is 0.489 e. The molecule has 3 aromatic rings. The van der Waals surface area contributed by atoms with Gasteiger partial charge in [-0.2, -0.15) is 0 Å². The molecule has 48 heavy (non-hydrogen) atoms. The smallest absolute Gasteiger partial charge is 0.132 e. The Morgan fingerprint density at radius 1 is 0.979 bits per heavy atom. The molecule has 4 unspecified atom stereocenters. The van der Waals surface area contributed by atoms with Gasteiger partial charge in [-0.05, 0) is 90.9 Å². The maximum atomic E-state index is 14.4. The highest BCUT2D eigenvalue weighted by Gasteiger charge is 2.44. The first-order chi connectivity index (χ1) is 23.1. The van der Waals surface area contributed by atoms with Crippen LogP contribution in [0.25, 0.3) is 0 Å². The summed E-state index contributed by atoms with van der Waals surface area (Å²) in [6, 6.07) is 15.3. The molecule has 3 fully saturated rings. The Kier molecular flexibility index (Phi) is 11.1. The van der Waals surface area contributed by atoms with Gasteiger partial charge in [0.1, 0.15) is 59.4 Å². The molecule has 5 N–H and O–H groups in total. The van der Waals surface area contributed by atoms with Crippen LogP contribution in [0, 0.1) is 18.6 Å². The lowest BCUT2D eigenvalue weighted by Crippen LogP contribution is -2.52. The number of rotatable bonds is 9. The van der Waals surface area contributed by atoms with E-state index in [1.807, 2.05) is 31.2 Å². The van der Waals surface area contributed by atoms with Crippen LogP contribution in [0.2, 0.25) is 0 Å². The summed E-state index contributed by atoms with van der Waals surface area (Å²) in [4.78, 5) is 2.32. The monoisotopic (exact) mass is 684 g/mol. The molecule has 0 saturated carbocycles. The number of aryl methyl sites for hydroxylation is 2. The molecule has 6 rings (SSSR count). The third-order valence-electron chi connectivity index (χ3n) is 10.0. The minimum absolute atomic E-state index is 0.00781. The van der Waals surface area contributed by atoms with E-state index in [0.29, 0.717) is 19.4 Å². The fourth-order valence-corrected chi connectivity index (χ4v) is 8.01. The molecule has 3 heterocycles. The minimum Gasteiger partial charge on any atom is -0.489 e. The zero-order valence-electron chi connectivity index (χ0n) is 27.6. The molecule has 260 valence electrons. The van der Waals surface area contributed by atoms with Crippen LogP contribution in [0.3, 0.4) is 0 Å². The van der Waals surface area contributed by atoms with Crippen LogP contribution in [0.5, 0.6) is 5.75 Å². The molecule has 9 atom stereocenters. The van der Waals surface area contributed by atoms with E-state index in [1.54, 1.807) is 6.26 Å². The summed E-state index contributed by atoms with van der Waals surface area (Å²) in [7, 11) is 0. The van der Waals surface area contributed by atoms with Gasteiger partial charge in [0, 0.05) is 30.7 Å². The fraction of sp³-hybridized carbons (Fsp3) is 0.514. The quantitative estimate of drug-likeness (QED) is 0.257. The van der Waals surface area contributed by atoms with Crippen LogP contribution in [-0.4, -0.2) is 88.1 Å². The number of aliphatic hydroxyl groups is 3. The van der Waals surface area contributed by atoms with Crippen LogP contribution < -0.4 is 10.5 Å². The van der Waals surface area contributed by atoms with Gasteiger partial charge in [0.15, 0.2) is 0 Å². The zero-order chi connectivity index (χ0) is 34.1. The summed E-state index contributed by atoms with van der Waals surface area (Å²) >= 11 is 1.30. The van der Waals surface area contributed by atoms with Gasteiger partial charge in [-0.1, -0.05) is 37.3 Å². The number of thioether (sulfide) groups is 1. The summed E-state index contributed by atoms with van der Waals surface area (Å²) in [6.07, 6.45) is -0.306. The Morgan fingerprint density at radius 3 is 2.52 bits per heavy atom. The van der Waals surface area contributed by atoms with Gasteiger partial charge in [-0.25, -0.2) is 8.78 Å². The van der Waals surface area contributed by atoms with Crippen molar-refractivity contribution in [2.45, 2.75) is 93.7 Å². The Labute approximate surface area is 285 Å². The first-order valence-corrected chi connectivity index (χ1v) is 18.0. The van der Waals surface area contributed by atoms with Gasteiger partial charge >= 0.3 is 0 Å². The average Bonchev–Trinajstić information content (AvgIpc) is 3.55. The highest BCUT2D eigenvalue weighted by Crippen LogP contribution is 2.37. The predicted molar refractivity (Wildman–Crippen MR) is 181 cm³/mol. The molecule has 3 aliphatic rings. The number of halogens is 2. The van der Waals surface area contributed by atoms with Crippen molar-refractivity contribution in [1.82, 2.24) is 4.90 Å². The normalized spacial score (nSPS) is 31.2. The molecule has 3 saturated heterocycles. The van der Waals surface area contributed by atoms with Gasteiger partial charge in [0.2, 0.25) is 0 Å². The summed E-state index contributed by atoms with van der Waals surface area (Å²) in [5.41, 5.74) is 11.2. The second-order valence-corrected chi connectivity index (χ2v) is 14.2. The van der Waals surface area contributed by atoms with E-state index in [-0.39, 0.29) is 17.7 Å². The van der Waals surface area contributed by atoms with Crippen LogP contribution >= 0.6 is 11.8 Å². The summed E-state index contributed by atoms with van der Waals surface area (Å²) in [5.74, 6) is -0.181. The Morgan fingerprint density at radius 2 is 1.79 bits per heavy atom. The van der Waals surface area contributed by atoms with E-state index >= 15 is 0 Å². The van der Waals surface area contributed by atoms with Gasteiger partial charge in [-0.3, -0.25) is 4.90 Å². The van der Waals surface area contributed by atoms with Crippen LogP contribution in [0.15, 0.2) is 54.6 Å². The lowest BCUT2D eigenvalue weighted by atomic mass is 9.90. The van der Waals surface area contributed by atoms with Crippen molar-refractivity contribution in [1.29, 1.82) is 0 Å². The second kappa shape index (κ2) is 15.1. The van der Waals surface area contributed by atoms with Gasteiger partial charge < -0.3 is 35.3 Å². The Hall–Kier alpha value is -2.61. The van der Waals surface area contributed by atoms with Crippen molar-refractivity contribution in [2.75, 3.05) is 26.0 Å². The molecule has 3 aliphatic heterocycles. The molecule has 3 aromatic carbocycles. The second-order valence-electron chi connectivity index (χ2n) is 13.3. The van der Waals surface area contributed by atoms with Gasteiger partial charge in [0.05, 0.1) is 6.61 Å². The molecule has 0 aromatic heterocycles. The Bertz CT molecular complexity index is 1580. The molecule has 0 amide bonds. The number of likely N-dealkylation sites (tertiary alicyclic amines) is 1. The molecule has 0 bridgehead atoms. The number of ether oxygens (including phenoxy) is 3. The third kappa shape index (κ3) is 7.44. The molecular weight excluding hydrogens is 638 g/mol. The molecule has 11 heteroatoms. The highest BCUT2D eigenvalue weighted by atomic mass is 32.2. The number of hydrogen-bond donors (Lipinski definition) is 4. The van der Waals surface area contributed by atoms with Crippen molar-refractivity contribution in [2.24, 2.45) is 5.73 Å².